The number of hydrogen-bond acceptors (Lipinski definition) is 3. The van der Waals surface area contributed by atoms with E-state index in [9.17, 15) is 14.7 Å². The first-order valence-corrected chi connectivity index (χ1v) is 7.68. The van der Waals surface area contributed by atoms with Crippen molar-refractivity contribution in [2.45, 2.75) is 53.6 Å². The van der Waals surface area contributed by atoms with Crippen molar-refractivity contribution in [1.82, 2.24) is 0 Å². The Morgan fingerprint density at radius 1 is 1.17 bits per heavy atom. The second kappa shape index (κ2) is 6.96. The van der Waals surface area contributed by atoms with Gasteiger partial charge in [-0.05, 0) is 63.8 Å². The summed E-state index contributed by atoms with van der Waals surface area (Å²) < 4.78 is 5.41. The van der Waals surface area contributed by atoms with Crippen LogP contribution in [0.3, 0.4) is 0 Å². The molecule has 0 heterocycles. The third-order valence-electron chi connectivity index (χ3n) is 3.84. The molecule has 5 heteroatoms. The Labute approximate surface area is 143 Å². The Morgan fingerprint density at radius 3 is 2.12 bits per heavy atom. The smallest absolute Gasteiger partial charge is 0.414 e. The van der Waals surface area contributed by atoms with E-state index in [0.717, 1.165) is 16.7 Å². The SMILES string of the molecule is C#Cc1c(C)c(CC(=O)O)c(C)c(N(C)C(=O)OC(C)(C)C)c1C. The van der Waals surface area contributed by atoms with Gasteiger partial charge in [0.05, 0.1) is 12.1 Å². The van der Waals surface area contributed by atoms with Crippen LogP contribution >= 0.6 is 0 Å². The van der Waals surface area contributed by atoms with E-state index in [1.54, 1.807) is 34.7 Å². The summed E-state index contributed by atoms with van der Waals surface area (Å²) in [5.74, 6) is 1.67. The van der Waals surface area contributed by atoms with Crippen molar-refractivity contribution in [2.24, 2.45) is 0 Å². The molecule has 0 unspecified atom stereocenters. The van der Waals surface area contributed by atoms with Crippen LogP contribution in [0.1, 0.15) is 48.6 Å². The maximum Gasteiger partial charge on any atom is 0.414 e. The lowest BCUT2D eigenvalue weighted by Gasteiger charge is -2.28. The number of anilines is 1. The highest BCUT2D eigenvalue weighted by Gasteiger charge is 2.26. The van der Waals surface area contributed by atoms with Crippen LogP contribution in [-0.2, 0) is 16.0 Å². The lowest BCUT2D eigenvalue weighted by Crippen LogP contribution is -2.35. The number of carbonyl (C=O) groups is 2. The van der Waals surface area contributed by atoms with E-state index in [1.165, 1.54) is 4.90 Å². The molecular weight excluding hydrogens is 306 g/mol. The molecule has 130 valence electrons. The summed E-state index contributed by atoms with van der Waals surface area (Å²) in [6.07, 6.45) is 4.95. The highest BCUT2D eigenvalue weighted by Crippen LogP contribution is 2.34. The monoisotopic (exact) mass is 331 g/mol. The van der Waals surface area contributed by atoms with Gasteiger partial charge >= 0.3 is 12.1 Å². The first-order valence-electron chi connectivity index (χ1n) is 7.68. The molecule has 1 aromatic carbocycles. The van der Waals surface area contributed by atoms with Crippen LogP contribution in [0.25, 0.3) is 0 Å². The van der Waals surface area contributed by atoms with Crippen molar-refractivity contribution in [1.29, 1.82) is 0 Å². The van der Waals surface area contributed by atoms with Gasteiger partial charge in [0.25, 0.3) is 0 Å². The number of ether oxygens (including phenoxy) is 1. The minimum Gasteiger partial charge on any atom is -0.481 e. The van der Waals surface area contributed by atoms with Crippen molar-refractivity contribution >= 4 is 17.7 Å². The molecule has 0 bridgehead atoms. The lowest BCUT2D eigenvalue weighted by atomic mass is 9.89. The van der Waals surface area contributed by atoms with Gasteiger partial charge in [0.15, 0.2) is 0 Å². The van der Waals surface area contributed by atoms with Gasteiger partial charge in [0.2, 0.25) is 0 Å². The number of benzene rings is 1. The zero-order valence-corrected chi connectivity index (χ0v) is 15.4. The van der Waals surface area contributed by atoms with Crippen LogP contribution in [0.5, 0.6) is 0 Å². The number of terminal acetylenes is 1. The number of nitrogens with zero attached hydrogens (tertiary/aromatic N) is 1. The molecule has 0 radical (unpaired) electrons. The number of aliphatic carboxylic acids is 1. The molecular formula is C19H25NO4. The molecule has 1 rings (SSSR count). The number of carbonyl (C=O) groups excluding carboxylic acids is 1. The van der Waals surface area contributed by atoms with E-state index in [1.807, 2.05) is 13.8 Å². The predicted molar refractivity (Wildman–Crippen MR) is 94.6 cm³/mol. The van der Waals surface area contributed by atoms with Crippen LogP contribution in [0.4, 0.5) is 10.5 Å². The van der Waals surface area contributed by atoms with E-state index in [2.05, 4.69) is 5.92 Å². The molecule has 1 amide bonds. The summed E-state index contributed by atoms with van der Waals surface area (Å²) >= 11 is 0. The Morgan fingerprint density at radius 2 is 1.71 bits per heavy atom. The van der Waals surface area contributed by atoms with Crippen LogP contribution in [-0.4, -0.2) is 29.8 Å². The first-order chi connectivity index (χ1) is 10.9. The van der Waals surface area contributed by atoms with Crippen molar-refractivity contribution in [3.63, 3.8) is 0 Å². The third kappa shape index (κ3) is 4.08. The van der Waals surface area contributed by atoms with Gasteiger partial charge in [-0.15, -0.1) is 6.42 Å². The lowest BCUT2D eigenvalue weighted by molar-refractivity contribution is -0.136. The standard InChI is InChI=1S/C19H25NO4/c1-9-14-11(2)15(10-16(21)22)13(4)17(12(14)3)20(8)18(23)24-19(5,6)7/h1H,10H2,2-8H3,(H,21,22). The fourth-order valence-corrected chi connectivity index (χ4v) is 2.81. The largest absolute Gasteiger partial charge is 0.481 e. The van der Waals surface area contributed by atoms with Crippen molar-refractivity contribution in [2.75, 3.05) is 11.9 Å². The van der Waals surface area contributed by atoms with Crippen molar-refractivity contribution < 1.29 is 19.4 Å². The molecule has 5 nitrogen and oxygen atoms in total. The first kappa shape index (κ1) is 19.6. The van der Waals surface area contributed by atoms with E-state index >= 15 is 0 Å². The van der Waals surface area contributed by atoms with E-state index in [4.69, 9.17) is 11.2 Å². The van der Waals surface area contributed by atoms with E-state index < -0.39 is 17.7 Å². The van der Waals surface area contributed by atoms with Crippen LogP contribution in [0.2, 0.25) is 0 Å². The zero-order valence-electron chi connectivity index (χ0n) is 15.4. The topological polar surface area (TPSA) is 66.8 Å². The van der Waals surface area contributed by atoms with Crippen LogP contribution < -0.4 is 4.90 Å². The number of amides is 1. The number of hydrogen-bond donors (Lipinski definition) is 1. The predicted octanol–water partition coefficient (Wildman–Crippen LogP) is 3.59. The van der Waals surface area contributed by atoms with Gasteiger partial charge in [0.1, 0.15) is 5.60 Å². The van der Waals surface area contributed by atoms with Crippen molar-refractivity contribution in [3.8, 4) is 12.3 Å². The number of carboxylic acids is 1. The van der Waals surface area contributed by atoms with Gasteiger partial charge in [-0.3, -0.25) is 9.69 Å². The second-order valence-electron chi connectivity index (χ2n) is 6.83. The fourth-order valence-electron chi connectivity index (χ4n) is 2.81. The molecule has 24 heavy (non-hydrogen) atoms. The average molecular weight is 331 g/mol. The maximum atomic E-state index is 12.4. The summed E-state index contributed by atoms with van der Waals surface area (Å²) in [5.41, 5.74) is 3.45. The van der Waals surface area contributed by atoms with Crippen molar-refractivity contribution in [3.05, 3.63) is 27.8 Å². The molecule has 0 saturated heterocycles. The molecule has 0 spiro atoms. The molecule has 0 aliphatic rings. The Kier molecular flexibility index (Phi) is 5.67. The van der Waals surface area contributed by atoms with Gasteiger partial charge in [0, 0.05) is 12.6 Å². The Balaban J connectivity index is 3.55. The molecule has 0 atom stereocenters. The van der Waals surface area contributed by atoms with Gasteiger partial charge in [-0.2, -0.15) is 0 Å². The van der Waals surface area contributed by atoms with Crippen LogP contribution in [0, 0.1) is 33.1 Å². The van der Waals surface area contributed by atoms with Crippen LogP contribution in [0.15, 0.2) is 0 Å². The van der Waals surface area contributed by atoms with E-state index in [-0.39, 0.29) is 6.42 Å². The molecule has 0 aromatic heterocycles. The average Bonchev–Trinajstić information content (AvgIpc) is 2.42. The van der Waals surface area contributed by atoms with Gasteiger partial charge < -0.3 is 9.84 Å². The van der Waals surface area contributed by atoms with Gasteiger partial charge in [-0.1, -0.05) is 5.92 Å². The summed E-state index contributed by atoms with van der Waals surface area (Å²) in [4.78, 5) is 25.0. The molecule has 0 saturated carbocycles. The zero-order chi connectivity index (χ0) is 18.8. The molecule has 1 N–H and O–H groups in total. The normalized spacial score (nSPS) is 10.9. The van der Waals surface area contributed by atoms with E-state index in [0.29, 0.717) is 16.8 Å². The fraction of sp³-hybridized carbons (Fsp3) is 0.474. The molecule has 0 aliphatic carbocycles. The minimum absolute atomic E-state index is 0.151. The highest BCUT2D eigenvalue weighted by atomic mass is 16.6. The molecule has 0 aliphatic heterocycles. The maximum absolute atomic E-state index is 12.4. The Bertz CT molecular complexity index is 721. The number of rotatable bonds is 3. The quantitative estimate of drug-likeness (QED) is 0.860. The molecule has 0 fully saturated rings. The summed E-state index contributed by atoms with van der Waals surface area (Å²) in [6.45, 7) is 10.8. The summed E-state index contributed by atoms with van der Waals surface area (Å²) in [7, 11) is 1.60. The minimum atomic E-state index is -0.945. The summed E-state index contributed by atoms with van der Waals surface area (Å²) in [6, 6.07) is 0. The summed E-state index contributed by atoms with van der Waals surface area (Å²) in [5, 5.41) is 9.18. The Hall–Kier alpha value is -2.48. The highest BCUT2D eigenvalue weighted by molar-refractivity contribution is 5.91. The third-order valence-corrected chi connectivity index (χ3v) is 3.84. The number of carboxylic acid groups (broad SMARTS) is 1. The second-order valence-corrected chi connectivity index (χ2v) is 6.83. The van der Waals surface area contributed by atoms with Gasteiger partial charge in [-0.25, -0.2) is 4.79 Å². The molecule has 1 aromatic rings.